The lowest BCUT2D eigenvalue weighted by Crippen LogP contribution is -2.32. The van der Waals surface area contributed by atoms with Gasteiger partial charge >= 0.3 is 5.97 Å². The Balaban J connectivity index is 2.62. The van der Waals surface area contributed by atoms with Crippen molar-refractivity contribution in [3.05, 3.63) is 23.8 Å². The van der Waals surface area contributed by atoms with Crippen molar-refractivity contribution in [1.29, 1.82) is 0 Å². The second-order valence-corrected chi connectivity index (χ2v) is 4.66. The minimum atomic E-state index is -1.09. The van der Waals surface area contributed by atoms with Crippen molar-refractivity contribution in [1.82, 2.24) is 5.32 Å². The number of carbonyl (C=O) groups is 2. The predicted octanol–water partition coefficient (Wildman–Crippen LogP) is 1.15. The Kier molecular flexibility index (Phi) is 5.17. The smallest absolute Gasteiger partial charge is 0.337 e. The molecule has 0 aromatic heterocycles. The van der Waals surface area contributed by atoms with Crippen LogP contribution in [0.15, 0.2) is 18.2 Å². The molecule has 1 aromatic carbocycles. The molecule has 0 saturated carbocycles. The SMILES string of the molecule is CC(C)CNC(=O)CNc1ccc(N)cc1C(=O)O. The molecule has 0 saturated heterocycles. The van der Waals surface area contributed by atoms with E-state index in [0.29, 0.717) is 23.8 Å². The van der Waals surface area contributed by atoms with Crippen LogP contribution in [0, 0.1) is 5.92 Å². The van der Waals surface area contributed by atoms with E-state index < -0.39 is 5.97 Å². The number of amides is 1. The number of nitrogens with one attached hydrogen (secondary N) is 2. The normalized spacial score (nSPS) is 10.3. The van der Waals surface area contributed by atoms with E-state index in [-0.39, 0.29) is 18.0 Å². The first kappa shape index (κ1) is 14.8. The molecule has 0 unspecified atom stereocenters. The number of carboxylic acids is 1. The van der Waals surface area contributed by atoms with E-state index in [9.17, 15) is 9.59 Å². The van der Waals surface area contributed by atoms with Gasteiger partial charge in [-0.25, -0.2) is 4.79 Å². The highest BCUT2D eigenvalue weighted by Gasteiger charge is 2.11. The topological polar surface area (TPSA) is 104 Å². The van der Waals surface area contributed by atoms with Gasteiger partial charge in [-0.3, -0.25) is 4.79 Å². The lowest BCUT2D eigenvalue weighted by molar-refractivity contribution is -0.119. The van der Waals surface area contributed by atoms with Crippen LogP contribution in [0.5, 0.6) is 0 Å². The first-order valence-electron chi connectivity index (χ1n) is 6.03. The van der Waals surface area contributed by atoms with E-state index >= 15 is 0 Å². The summed E-state index contributed by atoms with van der Waals surface area (Å²) in [5, 5.41) is 14.6. The van der Waals surface area contributed by atoms with Gasteiger partial charge in [-0.15, -0.1) is 0 Å². The Morgan fingerprint density at radius 2 is 2.05 bits per heavy atom. The number of hydrogen-bond acceptors (Lipinski definition) is 4. The van der Waals surface area contributed by atoms with Gasteiger partial charge in [-0.05, 0) is 24.1 Å². The summed E-state index contributed by atoms with van der Waals surface area (Å²) in [5.74, 6) is -0.894. The quantitative estimate of drug-likeness (QED) is 0.578. The van der Waals surface area contributed by atoms with Crippen LogP contribution in [0.25, 0.3) is 0 Å². The number of anilines is 2. The Bertz CT molecular complexity index is 472. The Morgan fingerprint density at radius 1 is 1.37 bits per heavy atom. The molecule has 1 amide bonds. The number of benzene rings is 1. The zero-order valence-electron chi connectivity index (χ0n) is 11.1. The predicted molar refractivity (Wildman–Crippen MR) is 74.2 cm³/mol. The van der Waals surface area contributed by atoms with Crippen molar-refractivity contribution in [3.8, 4) is 0 Å². The number of carboxylic acid groups (broad SMARTS) is 1. The molecule has 5 N–H and O–H groups in total. The molecule has 0 bridgehead atoms. The highest BCUT2D eigenvalue weighted by atomic mass is 16.4. The maximum Gasteiger partial charge on any atom is 0.337 e. The molecular weight excluding hydrogens is 246 g/mol. The molecule has 0 aliphatic rings. The summed E-state index contributed by atoms with van der Waals surface area (Å²) >= 11 is 0. The summed E-state index contributed by atoms with van der Waals surface area (Å²) in [7, 11) is 0. The molecule has 6 nitrogen and oxygen atoms in total. The number of aromatic carboxylic acids is 1. The Labute approximate surface area is 112 Å². The van der Waals surface area contributed by atoms with Gasteiger partial charge in [0.15, 0.2) is 0 Å². The monoisotopic (exact) mass is 265 g/mol. The van der Waals surface area contributed by atoms with Gasteiger partial charge in [0.1, 0.15) is 0 Å². The van der Waals surface area contributed by atoms with Gasteiger partial charge in [-0.2, -0.15) is 0 Å². The van der Waals surface area contributed by atoms with Crippen molar-refractivity contribution in [2.45, 2.75) is 13.8 Å². The van der Waals surface area contributed by atoms with Crippen molar-refractivity contribution in [2.75, 3.05) is 24.1 Å². The molecule has 0 spiro atoms. The highest BCUT2D eigenvalue weighted by Crippen LogP contribution is 2.18. The Morgan fingerprint density at radius 3 is 2.63 bits per heavy atom. The number of nitrogen functional groups attached to an aromatic ring is 1. The van der Waals surface area contributed by atoms with Crippen molar-refractivity contribution in [2.24, 2.45) is 5.92 Å². The van der Waals surface area contributed by atoms with E-state index in [0.717, 1.165) is 0 Å². The van der Waals surface area contributed by atoms with Gasteiger partial charge in [0.05, 0.1) is 12.1 Å². The van der Waals surface area contributed by atoms with Gasteiger partial charge < -0.3 is 21.5 Å². The molecule has 0 radical (unpaired) electrons. The van der Waals surface area contributed by atoms with E-state index in [4.69, 9.17) is 10.8 Å². The first-order chi connectivity index (χ1) is 8.90. The second-order valence-electron chi connectivity index (χ2n) is 4.66. The maximum atomic E-state index is 11.5. The summed E-state index contributed by atoms with van der Waals surface area (Å²) < 4.78 is 0. The van der Waals surface area contributed by atoms with E-state index in [1.807, 2.05) is 13.8 Å². The summed E-state index contributed by atoms with van der Waals surface area (Å²) in [6.07, 6.45) is 0. The van der Waals surface area contributed by atoms with E-state index in [1.54, 1.807) is 12.1 Å². The van der Waals surface area contributed by atoms with Crippen molar-refractivity contribution >= 4 is 23.3 Å². The summed E-state index contributed by atoms with van der Waals surface area (Å²) in [6, 6.07) is 4.49. The average Bonchev–Trinajstić information content (AvgIpc) is 2.34. The fourth-order valence-electron chi connectivity index (χ4n) is 1.45. The number of hydrogen-bond donors (Lipinski definition) is 4. The Hall–Kier alpha value is -2.24. The van der Waals surface area contributed by atoms with Gasteiger partial charge in [0.25, 0.3) is 0 Å². The standard InChI is InChI=1S/C13H19N3O3/c1-8(2)6-16-12(17)7-15-11-4-3-9(14)5-10(11)13(18)19/h3-5,8,15H,6-7,14H2,1-2H3,(H,16,17)(H,18,19). The van der Waals surface area contributed by atoms with Crippen LogP contribution in [0.4, 0.5) is 11.4 Å². The molecule has 6 heteroatoms. The van der Waals surface area contributed by atoms with Crippen molar-refractivity contribution < 1.29 is 14.7 Å². The van der Waals surface area contributed by atoms with Crippen LogP contribution < -0.4 is 16.4 Å². The van der Waals surface area contributed by atoms with E-state index in [2.05, 4.69) is 10.6 Å². The molecule has 1 aromatic rings. The van der Waals surface area contributed by atoms with Crippen LogP contribution in [-0.4, -0.2) is 30.1 Å². The molecule has 104 valence electrons. The molecule has 0 aliphatic heterocycles. The number of rotatable bonds is 6. The largest absolute Gasteiger partial charge is 0.478 e. The molecular formula is C13H19N3O3. The van der Waals surface area contributed by atoms with E-state index in [1.165, 1.54) is 6.07 Å². The lowest BCUT2D eigenvalue weighted by Gasteiger charge is -2.11. The maximum absolute atomic E-state index is 11.5. The van der Waals surface area contributed by atoms with Gasteiger partial charge in [-0.1, -0.05) is 13.8 Å². The fourth-order valence-corrected chi connectivity index (χ4v) is 1.45. The minimum Gasteiger partial charge on any atom is -0.478 e. The second kappa shape index (κ2) is 6.63. The molecule has 0 heterocycles. The van der Waals surface area contributed by atoms with Crippen LogP contribution in [0.1, 0.15) is 24.2 Å². The van der Waals surface area contributed by atoms with Crippen molar-refractivity contribution in [3.63, 3.8) is 0 Å². The van der Waals surface area contributed by atoms with Crippen LogP contribution in [0.3, 0.4) is 0 Å². The van der Waals surface area contributed by atoms with Crippen LogP contribution in [0.2, 0.25) is 0 Å². The van der Waals surface area contributed by atoms with Crippen LogP contribution in [-0.2, 0) is 4.79 Å². The molecule has 0 fully saturated rings. The highest BCUT2D eigenvalue weighted by molar-refractivity contribution is 5.96. The third kappa shape index (κ3) is 4.87. The number of carbonyl (C=O) groups excluding carboxylic acids is 1. The van der Waals surface area contributed by atoms with Gasteiger partial charge in [0, 0.05) is 17.9 Å². The zero-order valence-corrected chi connectivity index (χ0v) is 11.1. The third-order valence-electron chi connectivity index (χ3n) is 2.42. The molecule has 19 heavy (non-hydrogen) atoms. The average molecular weight is 265 g/mol. The zero-order chi connectivity index (χ0) is 14.4. The molecule has 0 atom stereocenters. The summed E-state index contributed by atoms with van der Waals surface area (Å²) in [5.41, 5.74) is 6.33. The van der Waals surface area contributed by atoms with Gasteiger partial charge in [0.2, 0.25) is 5.91 Å². The fraction of sp³-hybridized carbons (Fsp3) is 0.385. The molecule has 1 rings (SSSR count). The summed E-state index contributed by atoms with van der Waals surface area (Å²) in [6.45, 7) is 4.61. The number of nitrogens with two attached hydrogens (primary N) is 1. The minimum absolute atomic E-state index is 0.0247. The molecule has 0 aliphatic carbocycles. The first-order valence-corrected chi connectivity index (χ1v) is 6.03. The third-order valence-corrected chi connectivity index (χ3v) is 2.42. The summed E-state index contributed by atoms with van der Waals surface area (Å²) in [4.78, 5) is 22.6. The lowest BCUT2D eigenvalue weighted by atomic mass is 10.1. The van der Waals surface area contributed by atoms with Crippen LogP contribution >= 0.6 is 0 Å².